The Morgan fingerprint density at radius 3 is 2.45 bits per heavy atom. The predicted molar refractivity (Wildman–Crippen MR) is 241 cm³/mol. The molecule has 2 aliphatic heterocycles. The predicted octanol–water partition coefficient (Wildman–Crippen LogP) is 1.07. The molecule has 2 aromatic heterocycles. The van der Waals surface area contributed by atoms with Gasteiger partial charge in [-0.2, -0.15) is 0 Å². The van der Waals surface area contributed by atoms with Crippen LogP contribution in [-0.4, -0.2) is 98.9 Å². The molecule has 8 N–H and O–H groups in total. The normalized spacial score (nSPS) is 17.3. The summed E-state index contributed by atoms with van der Waals surface area (Å²) in [6, 6.07) is 8.67. The van der Waals surface area contributed by atoms with Crippen LogP contribution in [-0.2, 0) is 79.4 Å². The number of hydrogen-bond acceptors (Lipinski definition) is 14. The monoisotopic (exact) mass is 953 g/mol. The number of esters is 1. The zero-order chi connectivity index (χ0) is 49.7. The van der Waals surface area contributed by atoms with E-state index in [0.717, 1.165) is 11.1 Å². The lowest BCUT2D eigenvalue weighted by atomic mass is 9.81. The summed E-state index contributed by atoms with van der Waals surface area (Å²) in [4.78, 5) is 119. The summed E-state index contributed by atoms with van der Waals surface area (Å²) < 4.78 is 27.5. The second-order valence-electron chi connectivity index (χ2n) is 17.3. The second-order valence-corrected chi connectivity index (χ2v) is 17.3. The molecule has 4 heterocycles. The Hall–Kier alpha value is -7.23. The van der Waals surface area contributed by atoms with Gasteiger partial charge in [0.2, 0.25) is 23.6 Å². The van der Waals surface area contributed by atoms with Gasteiger partial charge < -0.3 is 51.3 Å². The average molecular weight is 954 g/mol. The number of halogens is 1. The molecule has 0 fully saturated rings. The summed E-state index contributed by atoms with van der Waals surface area (Å²) in [5.74, 6) is -6.17. The van der Waals surface area contributed by atoms with Crippen molar-refractivity contribution in [1.29, 1.82) is 0 Å². The molecule has 4 amide bonds. The number of nitrogens with one attached hydrogen (secondary N) is 4. The van der Waals surface area contributed by atoms with Crippen molar-refractivity contribution in [2.75, 3.05) is 19.9 Å². The number of aliphatic hydroxyl groups is 1. The van der Waals surface area contributed by atoms with Crippen molar-refractivity contribution in [3.05, 3.63) is 97.6 Å². The molecule has 0 radical (unpaired) electrons. The van der Waals surface area contributed by atoms with E-state index in [1.165, 1.54) is 10.6 Å². The molecule has 0 unspecified atom stereocenters. The topological polar surface area (TPSA) is 305 Å². The lowest BCUT2D eigenvalue weighted by molar-refractivity contribution is -0.172. The number of fused-ring (bicyclic) bond motifs is 5. The van der Waals surface area contributed by atoms with Crippen molar-refractivity contribution < 1.29 is 62.4 Å². The van der Waals surface area contributed by atoms with Crippen LogP contribution in [0.5, 0.6) is 0 Å². The van der Waals surface area contributed by atoms with Gasteiger partial charge >= 0.3 is 11.9 Å². The van der Waals surface area contributed by atoms with Crippen LogP contribution in [0.15, 0.2) is 47.3 Å². The Morgan fingerprint density at radius 1 is 0.986 bits per heavy atom. The van der Waals surface area contributed by atoms with Crippen molar-refractivity contribution in [3.63, 3.8) is 0 Å². The first-order valence-electron chi connectivity index (χ1n) is 22.5. The zero-order valence-corrected chi connectivity index (χ0v) is 37.9. The molecule has 364 valence electrons. The molecule has 2 aromatic carbocycles. The molecule has 0 saturated carbocycles. The minimum absolute atomic E-state index is 0.0480. The van der Waals surface area contributed by atoms with Gasteiger partial charge in [0.05, 0.1) is 60.1 Å². The van der Waals surface area contributed by atoms with Crippen LogP contribution < -0.4 is 32.6 Å². The third-order valence-electron chi connectivity index (χ3n) is 12.7. The lowest BCUT2D eigenvalue weighted by Crippen LogP contribution is -2.44. The van der Waals surface area contributed by atoms with Gasteiger partial charge in [-0.25, -0.2) is 14.2 Å². The van der Waals surface area contributed by atoms with Crippen LogP contribution in [0.1, 0.15) is 96.9 Å². The summed E-state index contributed by atoms with van der Waals surface area (Å²) in [5.41, 5.74) is 7.39. The number of aryl methyl sites for hydroxylation is 1. The molecule has 3 aliphatic rings. The van der Waals surface area contributed by atoms with Gasteiger partial charge in [0.15, 0.2) is 17.2 Å². The molecule has 20 nitrogen and oxygen atoms in total. The Morgan fingerprint density at radius 2 is 1.72 bits per heavy atom. The van der Waals surface area contributed by atoms with Gasteiger partial charge in [-0.3, -0.25) is 38.4 Å². The van der Waals surface area contributed by atoms with Crippen LogP contribution in [0, 0.1) is 12.7 Å². The van der Waals surface area contributed by atoms with Crippen LogP contribution in [0.4, 0.5) is 4.39 Å². The van der Waals surface area contributed by atoms with Crippen molar-refractivity contribution >= 4 is 58.0 Å². The lowest BCUT2D eigenvalue weighted by Gasteiger charge is -2.31. The molecule has 69 heavy (non-hydrogen) atoms. The number of aromatic nitrogens is 2. The maximum atomic E-state index is 15.3. The van der Waals surface area contributed by atoms with E-state index in [4.69, 9.17) is 25.3 Å². The van der Waals surface area contributed by atoms with Crippen LogP contribution in [0.3, 0.4) is 0 Å². The van der Waals surface area contributed by atoms with E-state index in [2.05, 4.69) is 21.3 Å². The number of nitrogens with two attached hydrogens (primary N) is 1. The molecule has 7 rings (SSSR count). The number of aliphatic carboxylic acids is 1. The van der Waals surface area contributed by atoms with E-state index in [0.29, 0.717) is 51.8 Å². The standard InChI is InChI=1S/C48H52FN7O13/c1-3-48(67)30-16-36-44-28(20-56(36)46(65)29(30)21-69-47(48)66)43-33(11-10-27-24(2)31(49)17-35(55-44)42(27)43)53-40(61)22-68-23-52-38(59)14-12-37(58)34(15-25-7-5-4-6-8-25)54-39(60)13-9-26(57)19-51-45(64)32(50)18-41(62)63/h4-8,16-17,32-34,67H,3,9-15,18-23,50H2,1-2H3,(H,51,64)(H,52,59)(H,53,61)(H,54,60)(H,62,63)/t32-,33-,34-,48-/m0/s1. The molecule has 0 spiro atoms. The highest BCUT2D eigenvalue weighted by Crippen LogP contribution is 2.46. The first kappa shape index (κ1) is 49.7. The Labute approximate surface area is 393 Å². The molecular formula is C48H52FN7O13. The SMILES string of the molecule is CC[C@@]1(O)C(=O)OCc2c1cc1n(c2=O)Cc2c-1nc1cc(F)c(C)c3c1c2[C@@H](NC(=O)COCNC(=O)CCC(=O)[C@H](Cc1ccccc1)NC(=O)CCC(=O)CNC(=O)[C@@H](N)CC(=O)O)CC3. The Balaban J connectivity index is 0.941. The van der Waals surface area contributed by atoms with E-state index >= 15 is 4.39 Å². The molecule has 4 aromatic rings. The van der Waals surface area contributed by atoms with E-state index < -0.39 is 102 Å². The quantitative estimate of drug-likeness (QED) is 0.0308. The van der Waals surface area contributed by atoms with E-state index in [-0.39, 0.29) is 69.5 Å². The third-order valence-corrected chi connectivity index (χ3v) is 12.7. The van der Waals surface area contributed by atoms with E-state index in [1.54, 1.807) is 50.2 Å². The Bertz CT molecular complexity index is 2830. The van der Waals surface area contributed by atoms with Gasteiger partial charge in [0.25, 0.3) is 5.56 Å². The summed E-state index contributed by atoms with van der Waals surface area (Å²) >= 11 is 0. The number of carboxylic acid groups (broad SMARTS) is 1. The van der Waals surface area contributed by atoms with Gasteiger partial charge in [-0.15, -0.1) is 0 Å². The van der Waals surface area contributed by atoms with E-state index in [1.807, 2.05) is 0 Å². The van der Waals surface area contributed by atoms with Gasteiger partial charge in [0.1, 0.15) is 25.8 Å². The van der Waals surface area contributed by atoms with Crippen molar-refractivity contribution in [2.24, 2.45) is 5.73 Å². The number of ether oxygens (including phenoxy) is 2. The largest absolute Gasteiger partial charge is 0.481 e. The highest BCUT2D eigenvalue weighted by molar-refractivity contribution is 5.95. The number of carboxylic acids is 1. The fourth-order valence-corrected chi connectivity index (χ4v) is 9.01. The fraction of sp³-hybridized carbons (Fsp3) is 0.417. The van der Waals surface area contributed by atoms with E-state index in [9.17, 15) is 48.3 Å². The van der Waals surface area contributed by atoms with Crippen molar-refractivity contribution in [3.8, 4) is 11.4 Å². The maximum absolute atomic E-state index is 15.3. The number of carbonyl (C=O) groups excluding carboxylic acids is 7. The van der Waals surface area contributed by atoms with Crippen LogP contribution in [0.2, 0.25) is 0 Å². The van der Waals surface area contributed by atoms with Crippen molar-refractivity contribution in [2.45, 2.75) is 109 Å². The number of ketones is 2. The van der Waals surface area contributed by atoms with Crippen LogP contribution >= 0.6 is 0 Å². The molecule has 0 saturated heterocycles. The summed E-state index contributed by atoms with van der Waals surface area (Å²) in [6.07, 6.45) is -0.951. The highest BCUT2D eigenvalue weighted by Gasteiger charge is 2.46. The number of Topliss-reactive ketones (excluding diaryl/α,β-unsaturated/α-hetero) is 2. The number of amides is 4. The highest BCUT2D eigenvalue weighted by atomic mass is 19.1. The van der Waals surface area contributed by atoms with Crippen LogP contribution in [0.25, 0.3) is 22.3 Å². The summed E-state index contributed by atoms with van der Waals surface area (Å²) in [5, 5.41) is 31.1. The van der Waals surface area contributed by atoms with Gasteiger partial charge in [0, 0.05) is 48.3 Å². The number of cyclic esters (lactones) is 1. The second kappa shape index (κ2) is 21.0. The minimum atomic E-state index is -2.05. The molecule has 1 aliphatic carbocycles. The smallest absolute Gasteiger partial charge is 0.343 e. The summed E-state index contributed by atoms with van der Waals surface area (Å²) in [7, 11) is 0. The molecular weight excluding hydrogens is 902 g/mol. The zero-order valence-electron chi connectivity index (χ0n) is 37.9. The number of nitrogens with zero attached hydrogens (tertiary/aromatic N) is 2. The maximum Gasteiger partial charge on any atom is 0.343 e. The number of pyridine rings is 2. The third kappa shape index (κ3) is 10.7. The molecule has 4 atom stereocenters. The van der Waals surface area contributed by atoms with Crippen molar-refractivity contribution in [1.82, 2.24) is 30.8 Å². The number of carbonyl (C=O) groups is 8. The fourth-order valence-electron chi connectivity index (χ4n) is 9.01. The molecule has 0 bridgehead atoms. The number of benzene rings is 2. The number of hydrogen-bond donors (Lipinski definition) is 7. The number of rotatable bonds is 21. The first-order chi connectivity index (χ1) is 32.9. The minimum Gasteiger partial charge on any atom is -0.481 e. The Kier molecular flexibility index (Phi) is 15.1. The first-order valence-corrected chi connectivity index (χ1v) is 22.5. The average Bonchev–Trinajstić information content (AvgIpc) is 3.69. The summed E-state index contributed by atoms with van der Waals surface area (Å²) in [6.45, 7) is 1.68. The van der Waals surface area contributed by atoms with Gasteiger partial charge in [-0.1, -0.05) is 37.3 Å². The molecule has 21 heteroatoms. The van der Waals surface area contributed by atoms with Gasteiger partial charge in [-0.05, 0) is 60.9 Å².